The van der Waals surface area contributed by atoms with Crippen LogP contribution in [0.15, 0.2) is 53.7 Å². The second-order valence-electron chi connectivity index (χ2n) is 6.91. The summed E-state index contributed by atoms with van der Waals surface area (Å²) in [6, 6.07) is 14.4. The van der Waals surface area contributed by atoms with Crippen LogP contribution in [0.2, 0.25) is 0 Å². The molecule has 0 atom stereocenters. The largest absolute Gasteiger partial charge is 0.381 e. The molecular weight excluding hydrogens is 336 g/mol. The normalized spacial score (nSPS) is 14.2. The summed E-state index contributed by atoms with van der Waals surface area (Å²) < 4.78 is 5.68. The SMILES string of the molecule is CCNC(=NCc1cccc(-c2ccccn2)c1)NCCCOCC1CC1. The highest BCUT2D eigenvalue weighted by Crippen LogP contribution is 2.28. The molecule has 0 radical (unpaired) electrons. The Morgan fingerprint density at radius 3 is 2.89 bits per heavy atom. The molecule has 144 valence electrons. The fourth-order valence-corrected chi connectivity index (χ4v) is 2.79. The standard InChI is InChI=1S/C22H30N4O/c1-2-23-22(25-13-6-14-27-17-18-10-11-18)26-16-19-7-5-8-20(15-19)21-9-3-4-12-24-21/h3-5,7-9,12,15,18H,2,6,10-11,13-14,16-17H2,1H3,(H2,23,25,26). The van der Waals surface area contributed by atoms with Crippen molar-refractivity contribution in [3.05, 3.63) is 54.2 Å². The van der Waals surface area contributed by atoms with E-state index >= 15 is 0 Å². The fourth-order valence-electron chi connectivity index (χ4n) is 2.79. The summed E-state index contributed by atoms with van der Waals surface area (Å²) in [5.41, 5.74) is 3.27. The predicted molar refractivity (Wildman–Crippen MR) is 111 cm³/mol. The monoisotopic (exact) mass is 366 g/mol. The van der Waals surface area contributed by atoms with Gasteiger partial charge in [0, 0.05) is 38.1 Å². The van der Waals surface area contributed by atoms with Crippen LogP contribution in [0, 0.1) is 5.92 Å². The van der Waals surface area contributed by atoms with E-state index in [0.717, 1.165) is 55.9 Å². The summed E-state index contributed by atoms with van der Waals surface area (Å²) in [6.45, 7) is 6.17. The van der Waals surface area contributed by atoms with Crippen molar-refractivity contribution in [3.63, 3.8) is 0 Å². The second-order valence-corrected chi connectivity index (χ2v) is 6.91. The molecule has 27 heavy (non-hydrogen) atoms. The van der Waals surface area contributed by atoms with Crippen LogP contribution in [-0.4, -0.2) is 37.2 Å². The van der Waals surface area contributed by atoms with E-state index in [2.05, 4.69) is 46.8 Å². The highest BCUT2D eigenvalue weighted by atomic mass is 16.5. The van der Waals surface area contributed by atoms with Gasteiger partial charge in [-0.3, -0.25) is 4.98 Å². The molecule has 1 aliphatic rings. The van der Waals surface area contributed by atoms with E-state index in [-0.39, 0.29) is 0 Å². The summed E-state index contributed by atoms with van der Waals surface area (Å²) in [5.74, 6) is 1.68. The van der Waals surface area contributed by atoms with Gasteiger partial charge in [-0.15, -0.1) is 0 Å². The Balaban J connectivity index is 1.48. The third-order valence-corrected chi connectivity index (χ3v) is 4.46. The lowest BCUT2D eigenvalue weighted by molar-refractivity contribution is 0.123. The van der Waals surface area contributed by atoms with E-state index < -0.39 is 0 Å². The Morgan fingerprint density at radius 1 is 1.19 bits per heavy atom. The Kier molecular flexibility index (Phi) is 7.66. The molecule has 1 aliphatic carbocycles. The van der Waals surface area contributed by atoms with Gasteiger partial charge in [-0.2, -0.15) is 0 Å². The lowest BCUT2D eigenvalue weighted by Crippen LogP contribution is -2.38. The Labute approximate surface area is 162 Å². The smallest absolute Gasteiger partial charge is 0.191 e. The van der Waals surface area contributed by atoms with Gasteiger partial charge in [-0.1, -0.05) is 24.3 Å². The molecule has 1 aromatic carbocycles. The van der Waals surface area contributed by atoms with E-state index in [4.69, 9.17) is 9.73 Å². The third-order valence-electron chi connectivity index (χ3n) is 4.46. The van der Waals surface area contributed by atoms with Crippen molar-refractivity contribution >= 4 is 5.96 Å². The number of hydrogen-bond donors (Lipinski definition) is 2. The van der Waals surface area contributed by atoms with Crippen LogP contribution in [-0.2, 0) is 11.3 Å². The zero-order valence-electron chi connectivity index (χ0n) is 16.2. The van der Waals surface area contributed by atoms with Crippen molar-refractivity contribution in [3.8, 4) is 11.3 Å². The molecule has 0 saturated heterocycles. The molecule has 1 aromatic heterocycles. The molecule has 1 fully saturated rings. The Hall–Kier alpha value is -2.40. The van der Waals surface area contributed by atoms with Crippen LogP contribution in [0.1, 0.15) is 31.7 Å². The first-order valence-electron chi connectivity index (χ1n) is 9.95. The van der Waals surface area contributed by atoms with Gasteiger partial charge in [0.2, 0.25) is 0 Å². The molecule has 0 amide bonds. The van der Waals surface area contributed by atoms with Gasteiger partial charge in [-0.05, 0) is 55.9 Å². The third kappa shape index (κ3) is 7.02. The maximum absolute atomic E-state index is 5.68. The molecule has 5 heteroatoms. The van der Waals surface area contributed by atoms with Crippen molar-refractivity contribution in [2.45, 2.75) is 32.7 Å². The van der Waals surface area contributed by atoms with Crippen LogP contribution in [0.3, 0.4) is 0 Å². The lowest BCUT2D eigenvalue weighted by Gasteiger charge is -2.11. The molecule has 5 nitrogen and oxygen atoms in total. The summed E-state index contributed by atoms with van der Waals surface area (Å²) in [5, 5.41) is 6.69. The fraction of sp³-hybridized carbons (Fsp3) is 0.455. The Morgan fingerprint density at radius 2 is 2.11 bits per heavy atom. The first-order valence-corrected chi connectivity index (χ1v) is 9.95. The number of nitrogens with zero attached hydrogens (tertiary/aromatic N) is 2. The van der Waals surface area contributed by atoms with E-state index in [1.54, 1.807) is 0 Å². The van der Waals surface area contributed by atoms with E-state index in [1.165, 1.54) is 18.4 Å². The highest BCUT2D eigenvalue weighted by Gasteiger charge is 2.20. The average Bonchev–Trinajstić information content (AvgIpc) is 3.54. The second kappa shape index (κ2) is 10.7. The van der Waals surface area contributed by atoms with E-state index in [1.807, 2.05) is 24.4 Å². The average molecular weight is 367 g/mol. The Bertz CT molecular complexity index is 713. The van der Waals surface area contributed by atoms with Gasteiger partial charge in [0.15, 0.2) is 5.96 Å². The number of benzene rings is 1. The first-order chi connectivity index (χ1) is 13.3. The summed E-state index contributed by atoms with van der Waals surface area (Å²) >= 11 is 0. The molecular formula is C22H30N4O. The van der Waals surface area contributed by atoms with E-state index in [9.17, 15) is 0 Å². The molecule has 0 aliphatic heterocycles. The maximum Gasteiger partial charge on any atom is 0.191 e. The minimum atomic E-state index is 0.633. The summed E-state index contributed by atoms with van der Waals surface area (Å²) in [7, 11) is 0. The van der Waals surface area contributed by atoms with Gasteiger partial charge < -0.3 is 15.4 Å². The van der Waals surface area contributed by atoms with Crippen LogP contribution >= 0.6 is 0 Å². The molecule has 3 rings (SSSR count). The quantitative estimate of drug-likeness (QED) is 0.383. The van der Waals surface area contributed by atoms with E-state index in [0.29, 0.717) is 6.54 Å². The highest BCUT2D eigenvalue weighted by molar-refractivity contribution is 5.79. The molecule has 1 heterocycles. The number of aliphatic imine (C=N–C) groups is 1. The number of rotatable bonds is 10. The number of pyridine rings is 1. The number of aromatic nitrogens is 1. The minimum Gasteiger partial charge on any atom is -0.381 e. The number of nitrogens with one attached hydrogen (secondary N) is 2. The lowest BCUT2D eigenvalue weighted by atomic mass is 10.1. The molecule has 0 bridgehead atoms. The summed E-state index contributed by atoms with van der Waals surface area (Å²) in [6.07, 6.45) is 5.50. The first kappa shape index (κ1) is 19.4. The number of ether oxygens (including phenoxy) is 1. The predicted octanol–water partition coefficient (Wildman–Crippen LogP) is 3.62. The topological polar surface area (TPSA) is 58.5 Å². The zero-order chi connectivity index (χ0) is 18.7. The van der Waals surface area contributed by atoms with Gasteiger partial charge in [0.25, 0.3) is 0 Å². The van der Waals surface area contributed by atoms with Crippen molar-refractivity contribution < 1.29 is 4.74 Å². The van der Waals surface area contributed by atoms with Crippen molar-refractivity contribution in [1.82, 2.24) is 15.6 Å². The van der Waals surface area contributed by atoms with Gasteiger partial charge in [-0.25, -0.2) is 4.99 Å². The number of guanidine groups is 1. The molecule has 0 spiro atoms. The molecule has 0 unspecified atom stereocenters. The maximum atomic E-state index is 5.68. The van der Waals surface area contributed by atoms with Crippen molar-refractivity contribution in [1.29, 1.82) is 0 Å². The van der Waals surface area contributed by atoms with Gasteiger partial charge in [0.1, 0.15) is 0 Å². The molecule has 2 aromatic rings. The van der Waals surface area contributed by atoms with Crippen molar-refractivity contribution in [2.24, 2.45) is 10.9 Å². The van der Waals surface area contributed by atoms with Crippen LogP contribution < -0.4 is 10.6 Å². The van der Waals surface area contributed by atoms with Crippen LogP contribution in [0.5, 0.6) is 0 Å². The summed E-state index contributed by atoms with van der Waals surface area (Å²) in [4.78, 5) is 9.13. The van der Waals surface area contributed by atoms with Gasteiger partial charge >= 0.3 is 0 Å². The molecule has 1 saturated carbocycles. The zero-order valence-corrected chi connectivity index (χ0v) is 16.2. The minimum absolute atomic E-state index is 0.633. The van der Waals surface area contributed by atoms with Crippen LogP contribution in [0.4, 0.5) is 0 Å². The van der Waals surface area contributed by atoms with Crippen LogP contribution in [0.25, 0.3) is 11.3 Å². The molecule has 2 N–H and O–H groups in total. The number of hydrogen-bond acceptors (Lipinski definition) is 3. The van der Waals surface area contributed by atoms with Crippen molar-refractivity contribution in [2.75, 3.05) is 26.3 Å². The van der Waals surface area contributed by atoms with Gasteiger partial charge in [0.05, 0.1) is 12.2 Å².